The van der Waals surface area contributed by atoms with Crippen molar-refractivity contribution in [2.24, 2.45) is 11.8 Å². The Hall–Kier alpha value is -2.80. The summed E-state index contributed by atoms with van der Waals surface area (Å²) in [5.41, 5.74) is 1.65. The molecule has 2 aliphatic rings. The minimum Gasteiger partial charge on any atom is -0.494 e. The van der Waals surface area contributed by atoms with Gasteiger partial charge < -0.3 is 19.5 Å². The van der Waals surface area contributed by atoms with Gasteiger partial charge in [0.25, 0.3) is 5.91 Å². The van der Waals surface area contributed by atoms with Gasteiger partial charge in [-0.2, -0.15) is 0 Å². The van der Waals surface area contributed by atoms with Gasteiger partial charge in [0.1, 0.15) is 17.0 Å². The average molecular weight is 494 g/mol. The second kappa shape index (κ2) is 9.34. The van der Waals surface area contributed by atoms with Crippen molar-refractivity contribution >= 4 is 33.4 Å². The van der Waals surface area contributed by atoms with Gasteiger partial charge in [-0.1, -0.05) is 38.8 Å². The molecular formula is C28H35N3O3S. The zero-order chi connectivity index (χ0) is 24.7. The number of hydrogen-bond donors (Lipinski definition) is 1. The number of thiophene rings is 1. The summed E-state index contributed by atoms with van der Waals surface area (Å²) in [6.07, 6.45) is 3.32. The number of rotatable bonds is 6. The van der Waals surface area contributed by atoms with Crippen LogP contribution < -0.4 is 10.1 Å². The van der Waals surface area contributed by atoms with E-state index in [0.29, 0.717) is 37.2 Å². The summed E-state index contributed by atoms with van der Waals surface area (Å²) >= 11 is 1.63. The van der Waals surface area contributed by atoms with Gasteiger partial charge in [-0.15, -0.1) is 11.3 Å². The summed E-state index contributed by atoms with van der Waals surface area (Å²) in [4.78, 5) is 29.7. The van der Waals surface area contributed by atoms with Crippen LogP contribution in [0.1, 0.15) is 63.0 Å². The number of fused-ring (bicyclic) bond motifs is 3. The molecule has 186 valence electrons. The van der Waals surface area contributed by atoms with Crippen LogP contribution in [0.2, 0.25) is 0 Å². The number of hydrogen-bond acceptors (Lipinski definition) is 4. The zero-order valence-electron chi connectivity index (χ0n) is 21.0. The highest BCUT2D eigenvalue weighted by Crippen LogP contribution is 2.36. The molecule has 1 aliphatic carbocycles. The maximum absolute atomic E-state index is 14.0. The van der Waals surface area contributed by atoms with Crippen molar-refractivity contribution in [3.8, 4) is 5.75 Å². The molecule has 1 N–H and O–H groups in total. The van der Waals surface area contributed by atoms with Crippen LogP contribution >= 0.6 is 11.3 Å². The van der Waals surface area contributed by atoms with Crippen molar-refractivity contribution in [1.82, 2.24) is 14.8 Å². The molecule has 3 aromatic rings. The molecule has 1 saturated carbocycles. The minimum absolute atomic E-state index is 0.0644. The Kier molecular flexibility index (Phi) is 6.38. The van der Waals surface area contributed by atoms with E-state index in [1.807, 2.05) is 60.2 Å². The van der Waals surface area contributed by atoms with E-state index in [-0.39, 0.29) is 17.9 Å². The Morgan fingerprint density at radius 2 is 1.97 bits per heavy atom. The molecule has 35 heavy (non-hydrogen) atoms. The second-order valence-electron chi connectivity index (χ2n) is 10.4. The minimum atomic E-state index is -1.00. The number of ether oxygens (including phenoxy) is 1. The van der Waals surface area contributed by atoms with Crippen LogP contribution in [0.3, 0.4) is 0 Å². The predicted octanol–water partition coefficient (Wildman–Crippen LogP) is 5.46. The Morgan fingerprint density at radius 3 is 2.71 bits per heavy atom. The van der Waals surface area contributed by atoms with Crippen LogP contribution in [0.15, 0.2) is 41.8 Å². The maximum atomic E-state index is 14.0. The van der Waals surface area contributed by atoms with Crippen molar-refractivity contribution in [2.75, 3.05) is 6.61 Å². The maximum Gasteiger partial charge on any atom is 0.271 e. The molecule has 1 aromatic carbocycles. The molecule has 1 aliphatic heterocycles. The third-order valence-electron chi connectivity index (χ3n) is 8.14. The largest absolute Gasteiger partial charge is 0.494 e. The number of nitrogens with zero attached hydrogens (tertiary/aromatic N) is 2. The van der Waals surface area contributed by atoms with Gasteiger partial charge >= 0.3 is 0 Å². The van der Waals surface area contributed by atoms with Crippen molar-refractivity contribution in [3.63, 3.8) is 0 Å². The molecule has 0 unspecified atom stereocenters. The van der Waals surface area contributed by atoms with Gasteiger partial charge in [-0.05, 0) is 67.3 Å². The quantitative estimate of drug-likeness (QED) is 0.496. The lowest BCUT2D eigenvalue weighted by Gasteiger charge is -2.45. The van der Waals surface area contributed by atoms with Crippen molar-refractivity contribution in [3.05, 3.63) is 53.0 Å². The van der Waals surface area contributed by atoms with Crippen LogP contribution in [0.25, 0.3) is 10.2 Å². The highest BCUT2D eigenvalue weighted by molar-refractivity contribution is 7.17. The lowest BCUT2D eigenvalue weighted by molar-refractivity contribution is -0.134. The van der Waals surface area contributed by atoms with E-state index < -0.39 is 5.54 Å². The predicted molar refractivity (Wildman–Crippen MR) is 140 cm³/mol. The van der Waals surface area contributed by atoms with E-state index in [9.17, 15) is 9.59 Å². The molecule has 7 heteroatoms. The number of carbonyl (C=O) groups excluding carboxylic acids is 2. The Labute approximate surface area is 211 Å². The smallest absolute Gasteiger partial charge is 0.271 e. The van der Waals surface area contributed by atoms with Crippen LogP contribution in [0.5, 0.6) is 5.75 Å². The van der Waals surface area contributed by atoms with Crippen molar-refractivity contribution < 1.29 is 14.3 Å². The molecule has 0 saturated heterocycles. The number of nitrogens with one attached hydrogen (secondary N) is 1. The van der Waals surface area contributed by atoms with Crippen LogP contribution in [0, 0.1) is 11.8 Å². The van der Waals surface area contributed by atoms with Crippen LogP contribution in [-0.2, 0) is 17.9 Å². The fourth-order valence-electron chi connectivity index (χ4n) is 5.67. The average Bonchev–Trinajstić information content (AvgIpc) is 3.43. The van der Waals surface area contributed by atoms with Gasteiger partial charge in [0.05, 0.1) is 23.4 Å². The Morgan fingerprint density at radius 1 is 1.20 bits per heavy atom. The molecule has 2 amide bonds. The SMILES string of the molecule is CCOc1ccc(CN2C(=O)c3cc4sccc4n3C[C@]2(C)C(=O)N[C@@H]2CCC[C@H](C)[C@H]2C)cc1. The van der Waals surface area contributed by atoms with Gasteiger partial charge in [-0.25, -0.2) is 0 Å². The molecule has 0 radical (unpaired) electrons. The number of aromatic nitrogens is 1. The third kappa shape index (κ3) is 4.24. The summed E-state index contributed by atoms with van der Waals surface area (Å²) < 4.78 is 8.69. The van der Waals surface area contributed by atoms with E-state index in [0.717, 1.165) is 34.4 Å². The van der Waals surface area contributed by atoms with Gasteiger partial charge in [0.15, 0.2) is 0 Å². The van der Waals surface area contributed by atoms with E-state index in [1.165, 1.54) is 6.42 Å². The summed E-state index contributed by atoms with van der Waals surface area (Å²) in [5.74, 6) is 1.63. The first-order valence-corrected chi connectivity index (χ1v) is 13.6. The van der Waals surface area contributed by atoms with Gasteiger partial charge in [-0.3, -0.25) is 9.59 Å². The molecule has 4 atom stereocenters. The number of benzene rings is 1. The first kappa shape index (κ1) is 23.9. The topological polar surface area (TPSA) is 63.6 Å². The summed E-state index contributed by atoms with van der Waals surface area (Å²) in [6.45, 7) is 9.80. The lowest BCUT2D eigenvalue weighted by atomic mass is 9.77. The molecule has 0 spiro atoms. The summed E-state index contributed by atoms with van der Waals surface area (Å²) in [5, 5.41) is 5.41. The summed E-state index contributed by atoms with van der Waals surface area (Å²) in [6, 6.07) is 12.0. The molecule has 3 heterocycles. The fraction of sp³-hybridized carbons (Fsp3) is 0.500. The van der Waals surface area contributed by atoms with Crippen molar-refractivity contribution in [1.29, 1.82) is 0 Å². The first-order valence-electron chi connectivity index (χ1n) is 12.7. The van der Waals surface area contributed by atoms with E-state index in [1.54, 1.807) is 16.2 Å². The number of amides is 2. The third-order valence-corrected chi connectivity index (χ3v) is 8.99. The molecule has 6 nitrogen and oxygen atoms in total. The zero-order valence-corrected chi connectivity index (χ0v) is 21.9. The normalized spacial score (nSPS) is 26.6. The van der Waals surface area contributed by atoms with E-state index >= 15 is 0 Å². The molecule has 1 fully saturated rings. The molecule has 0 bridgehead atoms. The van der Waals surface area contributed by atoms with Crippen LogP contribution in [0.4, 0.5) is 0 Å². The number of carbonyl (C=O) groups is 2. The van der Waals surface area contributed by atoms with E-state index in [2.05, 4.69) is 19.2 Å². The standard InChI is InChI=1S/C28H35N3O3S/c1-5-34-21-11-9-20(10-12-21)16-31-26(32)24-15-25-23(13-14-35-25)30(24)17-28(31,4)27(33)29-22-8-6-7-18(2)19(22)3/h9-15,18-19,22H,5-8,16-17H2,1-4H3,(H,29,33)/t18-,19+,22+,28+/m0/s1. The Balaban J connectivity index is 1.49. The Bertz CT molecular complexity index is 1230. The van der Waals surface area contributed by atoms with Crippen molar-refractivity contribution in [2.45, 2.75) is 71.6 Å². The lowest BCUT2D eigenvalue weighted by Crippen LogP contribution is -2.65. The highest BCUT2D eigenvalue weighted by Gasteiger charge is 2.48. The summed E-state index contributed by atoms with van der Waals surface area (Å²) in [7, 11) is 0. The van der Waals surface area contributed by atoms with Gasteiger partial charge in [0, 0.05) is 12.6 Å². The highest BCUT2D eigenvalue weighted by atomic mass is 32.1. The van der Waals surface area contributed by atoms with Crippen LogP contribution in [-0.4, -0.2) is 39.5 Å². The second-order valence-corrected chi connectivity index (χ2v) is 11.3. The van der Waals surface area contributed by atoms with E-state index in [4.69, 9.17) is 4.74 Å². The van der Waals surface area contributed by atoms with Gasteiger partial charge in [0.2, 0.25) is 5.91 Å². The monoisotopic (exact) mass is 493 g/mol. The first-order chi connectivity index (χ1) is 16.8. The fourth-order valence-corrected chi connectivity index (χ4v) is 6.49. The molecule has 2 aromatic heterocycles. The molecule has 5 rings (SSSR count). The molecular weight excluding hydrogens is 458 g/mol.